The zero-order valence-electron chi connectivity index (χ0n) is 16.9. The zero-order valence-corrected chi connectivity index (χ0v) is 16.9. The molecule has 0 aliphatic heterocycles. The third-order valence-electron chi connectivity index (χ3n) is 4.33. The maximum atomic E-state index is 12.7. The van der Waals surface area contributed by atoms with Crippen LogP contribution in [0.5, 0.6) is 11.5 Å². The van der Waals surface area contributed by atoms with Crippen LogP contribution in [0.4, 0.5) is 22.7 Å². The molecule has 0 unspecified atom stereocenters. The summed E-state index contributed by atoms with van der Waals surface area (Å²) < 4.78 is 10.5. The maximum absolute atomic E-state index is 12.7. The summed E-state index contributed by atoms with van der Waals surface area (Å²) in [6.07, 6.45) is 3.19. The van der Waals surface area contributed by atoms with Gasteiger partial charge in [-0.15, -0.1) is 0 Å². The van der Waals surface area contributed by atoms with Crippen molar-refractivity contribution in [1.82, 2.24) is 4.98 Å². The summed E-state index contributed by atoms with van der Waals surface area (Å²) in [5.74, 6) is 0.869. The van der Waals surface area contributed by atoms with Crippen molar-refractivity contribution in [3.63, 3.8) is 0 Å². The number of carbonyl (C=O) groups is 1. The summed E-state index contributed by atoms with van der Waals surface area (Å²) in [6.45, 7) is 0. The van der Waals surface area contributed by atoms with Crippen molar-refractivity contribution in [3.05, 3.63) is 66.5 Å². The fraction of sp³-hybridized carbons (Fsp3) is 0.182. The van der Waals surface area contributed by atoms with Crippen LogP contribution < -0.4 is 25.0 Å². The van der Waals surface area contributed by atoms with Crippen molar-refractivity contribution in [3.8, 4) is 11.5 Å². The van der Waals surface area contributed by atoms with E-state index < -0.39 is 0 Å². The Morgan fingerprint density at radius 2 is 1.69 bits per heavy atom. The van der Waals surface area contributed by atoms with Crippen molar-refractivity contribution in [1.29, 1.82) is 0 Å². The van der Waals surface area contributed by atoms with Crippen molar-refractivity contribution >= 4 is 28.7 Å². The fourth-order valence-corrected chi connectivity index (χ4v) is 2.75. The van der Waals surface area contributed by atoms with Gasteiger partial charge < -0.3 is 25.0 Å². The molecule has 3 rings (SSSR count). The molecule has 1 amide bonds. The molecule has 0 atom stereocenters. The first-order valence-electron chi connectivity index (χ1n) is 9.03. The van der Waals surface area contributed by atoms with Gasteiger partial charge in [-0.05, 0) is 42.5 Å². The molecule has 150 valence electrons. The molecule has 2 aromatic carbocycles. The Morgan fingerprint density at radius 3 is 2.34 bits per heavy atom. The summed E-state index contributed by atoms with van der Waals surface area (Å²) in [5, 5.41) is 6.11. The molecule has 0 aliphatic rings. The first-order valence-corrected chi connectivity index (χ1v) is 9.03. The minimum absolute atomic E-state index is 0.296. The number of hydrogen-bond donors (Lipinski definition) is 2. The molecule has 1 aromatic heterocycles. The summed E-state index contributed by atoms with van der Waals surface area (Å²) in [4.78, 5) is 18.9. The molecular weight excluding hydrogens is 368 g/mol. The second kappa shape index (κ2) is 8.97. The minimum Gasteiger partial charge on any atom is -0.497 e. The number of hydrogen-bond acceptors (Lipinski definition) is 6. The predicted octanol–water partition coefficient (Wildman–Crippen LogP) is 4.16. The third-order valence-corrected chi connectivity index (χ3v) is 4.33. The average Bonchev–Trinajstić information content (AvgIpc) is 2.74. The van der Waals surface area contributed by atoms with Gasteiger partial charge in [-0.1, -0.05) is 0 Å². The smallest absolute Gasteiger partial charge is 0.257 e. The van der Waals surface area contributed by atoms with Crippen LogP contribution in [0, 0.1) is 0 Å². The van der Waals surface area contributed by atoms with Gasteiger partial charge in [0.25, 0.3) is 5.91 Å². The predicted molar refractivity (Wildman–Crippen MR) is 116 cm³/mol. The number of aromatic nitrogens is 1. The SMILES string of the molecule is COc1ccc(OC)c(NC(=O)c2cncc(Nc3ccc(N(C)C)cc3)c2)c1. The number of nitrogens with zero attached hydrogens (tertiary/aromatic N) is 2. The molecule has 3 aromatic rings. The second-order valence-corrected chi connectivity index (χ2v) is 6.55. The summed E-state index contributed by atoms with van der Waals surface area (Å²) in [5.41, 5.74) is 3.67. The molecule has 0 aliphatic carbocycles. The van der Waals surface area contributed by atoms with E-state index in [0.717, 1.165) is 11.4 Å². The molecule has 2 N–H and O–H groups in total. The average molecular weight is 392 g/mol. The van der Waals surface area contributed by atoms with Gasteiger partial charge in [-0.3, -0.25) is 9.78 Å². The minimum atomic E-state index is -0.296. The summed E-state index contributed by atoms with van der Waals surface area (Å²) in [6, 6.07) is 14.9. The van der Waals surface area contributed by atoms with Gasteiger partial charge in [-0.2, -0.15) is 0 Å². The summed E-state index contributed by atoms with van der Waals surface area (Å²) in [7, 11) is 7.10. The van der Waals surface area contributed by atoms with Crippen LogP contribution in [0.1, 0.15) is 10.4 Å². The summed E-state index contributed by atoms with van der Waals surface area (Å²) >= 11 is 0. The third kappa shape index (κ3) is 4.95. The van der Waals surface area contributed by atoms with Crippen molar-refractivity contribution in [2.24, 2.45) is 0 Å². The Morgan fingerprint density at radius 1 is 0.931 bits per heavy atom. The van der Waals surface area contributed by atoms with Gasteiger partial charge in [0.15, 0.2) is 0 Å². The largest absolute Gasteiger partial charge is 0.497 e. The van der Waals surface area contributed by atoms with Crippen LogP contribution in [0.3, 0.4) is 0 Å². The van der Waals surface area contributed by atoms with E-state index in [0.29, 0.717) is 28.4 Å². The highest BCUT2D eigenvalue weighted by Crippen LogP contribution is 2.29. The Hall–Kier alpha value is -3.74. The lowest BCUT2D eigenvalue weighted by Gasteiger charge is -2.14. The number of carbonyl (C=O) groups excluding carboxylic acids is 1. The van der Waals surface area contributed by atoms with Gasteiger partial charge in [0.1, 0.15) is 11.5 Å². The highest BCUT2D eigenvalue weighted by atomic mass is 16.5. The molecular formula is C22H24N4O3. The topological polar surface area (TPSA) is 75.7 Å². The molecule has 0 spiro atoms. The second-order valence-electron chi connectivity index (χ2n) is 6.55. The van der Waals surface area contributed by atoms with E-state index in [1.165, 1.54) is 6.20 Å². The van der Waals surface area contributed by atoms with Gasteiger partial charge in [-0.25, -0.2) is 0 Å². The number of nitrogens with one attached hydrogen (secondary N) is 2. The lowest BCUT2D eigenvalue weighted by molar-refractivity contribution is 0.102. The van der Waals surface area contributed by atoms with Gasteiger partial charge in [0.2, 0.25) is 0 Å². The van der Waals surface area contributed by atoms with Crippen molar-refractivity contribution in [2.75, 3.05) is 43.8 Å². The lowest BCUT2D eigenvalue weighted by Crippen LogP contribution is -2.13. The molecule has 0 radical (unpaired) electrons. The Labute approximate surface area is 170 Å². The first-order chi connectivity index (χ1) is 14.0. The van der Waals surface area contributed by atoms with E-state index in [9.17, 15) is 4.79 Å². The van der Waals surface area contributed by atoms with E-state index in [4.69, 9.17) is 9.47 Å². The number of benzene rings is 2. The molecule has 0 fully saturated rings. The number of pyridine rings is 1. The standard InChI is InChI=1S/C22H24N4O3/c1-26(2)18-7-5-16(6-8-18)24-17-11-15(13-23-14-17)22(27)25-20-12-19(28-3)9-10-21(20)29-4/h5-14,24H,1-4H3,(H,25,27). The molecule has 1 heterocycles. The zero-order chi connectivity index (χ0) is 20.8. The Bertz CT molecular complexity index is 988. The maximum Gasteiger partial charge on any atom is 0.257 e. The molecule has 29 heavy (non-hydrogen) atoms. The number of methoxy groups -OCH3 is 2. The number of anilines is 4. The first kappa shape index (κ1) is 20.0. The van der Waals surface area contributed by atoms with Crippen LogP contribution in [0.25, 0.3) is 0 Å². The van der Waals surface area contributed by atoms with E-state index >= 15 is 0 Å². The van der Waals surface area contributed by atoms with E-state index in [-0.39, 0.29) is 5.91 Å². The number of amides is 1. The molecule has 0 saturated heterocycles. The normalized spacial score (nSPS) is 10.2. The van der Waals surface area contributed by atoms with E-state index in [1.807, 2.05) is 43.3 Å². The lowest BCUT2D eigenvalue weighted by atomic mass is 10.2. The highest BCUT2D eigenvalue weighted by molar-refractivity contribution is 6.05. The van der Waals surface area contributed by atoms with Crippen LogP contribution in [0.15, 0.2) is 60.9 Å². The van der Waals surface area contributed by atoms with Crippen molar-refractivity contribution < 1.29 is 14.3 Å². The van der Waals surface area contributed by atoms with Crippen molar-refractivity contribution in [2.45, 2.75) is 0 Å². The molecule has 7 heteroatoms. The molecule has 0 saturated carbocycles. The van der Waals surface area contributed by atoms with Crippen LogP contribution >= 0.6 is 0 Å². The van der Waals surface area contributed by atoms with Gasteiger partial charge in [0.05, 0.1) is 37.4 Å². The number of ether oxygens (including phenoxy) is 2. The monoisotopic (exact) mass is 392 g/mol. The Balaban J connectivity index is 1.76. The highest BCUT2D eigenvalue weighted by Gasteiger charge is 2.12. The quantitative estimate of drug-likeness (QED) is 0.629. The number of rotatable bonds is 7. The molecule has 7 nitrogen and oxygen atoms in total. The van der Waals surface area contributed by atoms with E-state index in [1.54, 1.807) is 44.7 Å². The van der Waals surface area contributed by atoms with Crippen LogP contribution in [-0.2, 0) is 0 Å². The van der Waals surface area contributed by atoms with Gasteiger partial charge in [0, 0.05) is 37.7 Å². The fourth-order valence-electron chi connectivity index (χ4n) is 2.75. The van der Waals surface area contributed by atoms with E-state index in [2.05, 4.69) is 15.6 Å². The van der Waals surface area contributed by atoms with Crippen LogP contribution in [-0.4, -0.2) is 39.2 Å². The molecule has 0 bridgehead atoms. The van der Waals surface area contributed by atoms with Crippen LogP contribution in [0.2, 0.25) is 0 Å². The van der Waals surface area contributed by atoms with Gasteiger partial charge >= 0.3 is 0 Å². The Kier molecular flexibility index (Phi) is 6.19.